The molecule has 1 aromatic carbocycles. The van der Waals surface area contributed by atoms with Gasteiger partial charge in [-0.05, 0) is 30.5 Å². The van der Waals surface area contributed by atoms with Crippen molar-refractivity contribution in [2.24, 2.45) is 10.7 Å². The van der Waals surface area contributed by atoms with E-state index in [0.717, 1.165) is 28.2 Å². The number of nitrogens with two attached hydrogens (primary N) is 1. The molecule has 1 fully saturated rings. The van der Waals surface area contributed by atoms with Crippen LogP contribution in [0.25, 0.3) is 11.0 Å². The Morgan fingerprint density at radius 3 is 3.00 bits per heavy atom. The number of H-pyrrole nitrogens is 2. The fourth-order valence-electron chi connectivity index (χ4n) is 4.14. The molecular formula is C20H23ClN8. The Morgan fingerprint density at radius 2 is 2.14 bits per heavy atom. The first kappa shape index (κ1) is 18.2. The first-order valence-corrected chi connectivity index (χ1v) is 10.2. The Kier molecular flexibility index (Phi) is 4.52. The smallest absolute Gasteiger partial charge is 0.187 e. The first-order valence-electron chi connectivity index (χ1n) is 9.85. The number of aliphatic imine (C=N–C) groups is 1. The molecule has 0 spiro atoms. The van der Waals surface area contributed by atoms with Crippen LogP contribution < -0.4 is 16.4 Å². The average molecular weight is 411 g/mol. The van der Waals surface area contributed by atoms with Crippen LogP contribution in [-0.2, 0) is 6.42 Å². The molecule has 1 unspecified atom stereocenters. The van der Waals surface area contributed by atoms with Crippen LogP contribution >= 0.6 is 11.6 Å². The maximum Gasteiger partial charge on any atom is 0.187 e. The molecule has 1 aliphatic carbocycles. The third-order valence-corrected chi connectivity index (χ3v) is 6.04. The normalized spacial score (nSPS) is 22.1. The lowest BCUT2D eigenvalue weighted by Crippen LogP contribution is -2.55. The second kappa shape index (κ2) is 7.20. The highest BCUT2D eigenvalue weighted by Gasteiger charge is 2.28. The van der Waals surface area contributed by atoms with Gasteiger partial charge in [-0.2, -0.15) is 5.10 Å². The number of anilines is 1. The van der Waals surface area contributed by atoms with E-state index >= 15 is 0 Å². The molecular weight excluding hydrogens is 388 g/mol. The molecule has 1 aliphatic heterocycles. The van der Waals surface area contributed by atoms with E-state index in [-0.39, 0.29) is 0 Å². The fraction of sp³-hybridized carbons (Fsp3) is 0.350. The summed E-state index contributed by atoms with van der Waals surface area (Å²) in [5, 5.41) is 14.7. The van der Waals surface area contributed by atoms with Crippen LogP contribution in [-0.4, -0.2) is 32.2 Å². The summed E-state index contributed by atoms with van der Waals surface area (Å²) in [5.41, 5.74) is 10.2. The minimum atomic E-state index is -1.02. The van der Waals surface area contributed by atoms with Gasteiger partial charge >= 0.3 is 0 Å². The molecule has 1 atom stereocenters. The number of fused-ring (bicyclic) bond motifs is 1. The molecule has 3 aromatic rings. The van der Waals surface area contributed by atoms with Gasteiger partial charge in [-0.15, -0.1) is 0 Å². The number of hydrogen-bond acceptors (Lipinski definition) is 6. The van der Waals surface area contributed by atoms with Crippen molar-refractivity contribution in [3.05, 3.63) is 52.7 Å². The maximum absolute atomic E-state index is 6.53. The van der Waals surface area contributed by atoms with Gasteiger partial charge in [-0.3, -0.25) is 15.8 Å². The second-order valence-corrected chi connectivity index (χ2v) is 8.11. The van der Waals surface area contributed by atoms with Gasteiger partial charge in [0, 0.05) is 30.3 Å². The molecule has 0 bridgehead atoms. The number of hydrogen-bond donors (Lipinski definition) is 5. The van der Waals surface area contributed by atoms with Gasteiger partial charge in [0.25, 0.3) is 0 Å². The van der Waals surface area contributed by atoms with E-state index in [4.69, 9.17) is 17.3 Å². The molecule has 1 saturated carbocycles. The summed E-state index contributed by atoms with van der Waals surface area (Å²) >= 11 is 6.53. The number of rotatable bonds is 5. The van der Waals surface area contributed by atoms with Crippen LogP contribution in [0.1, 0.15) is 42.9 Å². The zero-order chi connectivity index (χ0) is 19.8. The van der Waals surface area contributed by atoms with Crippen molar-refractivity contribution in [3.63, 3.8) is 0 Å². The number of nitrogens with zero attached hydrogens (tertiary/aromatic N) is 3. The Labute approximate surface area is 173 Å². The number of aromatic amines is 2. The number of nitrogens with one attached hydrogen (secondary N) is 4. The zero-order valence-electron chi connectivity index (χ0n) is 15.9. The van der Waals surface area contributed by atoms with Crippen molar-refractivity contribution in [3.8, 4) is 0 Å². The molecule has 0 amide bonds. The maximum atomic E-state index is 6.53. The lowest BCUT2D eigenvalue weighted by Gasteiger charge is -2.31. The standard InChI is InChI=1S/C20H23ClN8/c21-18-13(5-6-14-19(18)24-11-23-14)10-20(22)25-8-7-16(27-20)26-17-9-15(28-29-17)12-3-1-2-4-12/h5-9,11-12,27H,1-4,10,22H2,(H,23,24)(H2,26,28,29). The number of imidazole rings is 1. The topological polar surface area (TPSA) is 120 Å². The Hall–Kier alpha value is -2.84. The monoisotopic (exact) mass is 410 g/mol. The number of allylic oxidation sites excluding steroid dienone is 1. The third kappa shape index (κ3) is 3.61. The summed E-state index contributed by atoms with van der Waals surface area (Å²) in [6.07, 6.45) is 10.6. The lowest BCUT2D eigenvalue weighted by atomic mass is 10.0. The first-order chi connectivity index (χ1) is 14.1. The summed E-state index contributed by atoms with van der Waals surface area (Å²) in [4.78, 5) is 11.8. The van der Waals surface area contributed by atoms with Crippen LogP contribution in [0.3, 0.4) is 0 Å². The van der Waals surface area contributed by atoms with E-state index in [0.29, 0.717) is 17.4 Å². The van der Waals surface area contributed by atoms with E-state index in [2.05, 4.69) is 41.9 Å². The van der Waals surface area contributed by atoms with Crippen LogP contribution in [0.4, 0.5) is 5.82 Å². The summed E-state index contributed by atoms with van der Waals surface area (Å²) in [6.45, 7) is 0. The van der Waals surface area contributed by atoms with Gasteiger partial charge < -0.3 is 15.6 Å². The van der Waals surface area contributed by atoms with Crippen LogP contribution in [0, 0.1) is 0 Å². The minimum Gasteiger partial charge on any atom is -0.345 e. The van der Waals surface area contributed by atoms with Crippen LogP contribution in [0.2, 0.25) is 5.02 Å². The SMILES string of the molecule is NC1(Cc2ccc3[nH]cnc3c2Cl)N=CC=C(Nc2cc(C3CCCC3)[nH]n2)N1. The molecule has 2 aliphatic rings. The molecule has 6 N–H and O–H groups in total. The van der Waals surface area contributed by atoms with Crippen molar-refractivity contribution < 1.29 is 0 Å². The van der Waals surface area contributed by atoms with Gasteiger partial charge in [-0.1, -0.05) is 30.5 Å². The molecule has 29 heavy (non-hydrogen) atoms. The summed E-state index contributed by atoms with van der Waals surface area (Å²) in [6, 6.07) is 5.97. The Balaban J connectivity index is 1.30. The third-order valence-electron chi connectivity index (χ3n) is 5.62. The summed E-state index contributed by atoms with van der Waals surface area (Å²) < 4.78 is 0. The van der Waals surface area contributed by atoms with Gasteiger partial charge in [-0.25, -0.2) is 4.98 Å². The van der Waals surface area contributed by atoms with Crippen molar-refractivity contribution in [2.75, 3.05) is 5.32 Å². The van der Waals surface area contributed by atoms with E-state index < -0.39 is 5.79 Å². The number of halogens is 1. The Morgan fingerprint density at radius 1 is 1.28 bits per heavy atom. The predicted octanol–water partition coefficient (Wildman–Crippen LogP) is 3.38. The molecule has 0 saturated heterocycles. The predicted molar refractivity (Wildman–Crippen MR) is 115 cm³/mol. The van der Waals surface area contributed by atoms with Crippen LogP contribution in [0.15, 0.2) is 41.4 Å². The van der Waals surface area contributed by atoms with Gasteiger partial charge in [0.2, 0.25) is 0 Å². The summed E-state index contributed by atoms with van der Waals surface area (Å²) in [5.74, 6) is 1.07. The van der Waals surface area contributed by atoms with Gasteiger partial charge in [0.05, 0.1) is 16.9 Å². The van der Waals surface area contributed by atoms with Crippen molar-refractivity contribution in [2.45, 2.75) is 43.8 Å². The van der Waals surface area contributed by atoms with Gasteiger partial charge in [0.1, 0.15) is 11.3 Å². The van der Waals surface area contributed by atoms with Crippen molar-refractivity contribution in [1.82, 2.24) is 25.5 Å². The fourth-order valence-corrected chi connectivity index (χ4v) is 4.42. The van der Waals surface area contributed by atoms with E-state index in [1.54, 1.807) is 12.5 Å². The van der Waals surface area contributed by atoms with Crippen molar-refractivity contribution in [1.29, 1.82) is 0 Å². The molecule has 2 aromatic heterocycles. The zero-order valence-corrected chi connectivity index (χ0v) is 16.6. The Bertz CT molecular complexity index is 1090. The van der Waals surface area contributed by atoms with Crippen molar-refractivity contribution >= 4 is 34.7 Å². The highest BCUT2D eigenvalue weighted by molar-refractivity contribution is 6.35. The average Bonchev–Trinajstić information content (AvgIpc) is 3.45. The molecule has 8 nitrogen and oxygen atoms in total. The quantitative estimate of drug-likeness (QED) is 0.441. The van der Waals surface area contributed by atoms with E-state index in [1.807, 2.05) is 18.2 Å². The number of benzene rings is 1. The summed E-state index contributed by atoms with van der Waals surface area (Å²) in [7, 11) is 0. The molecule has 150 valence electrons. The largest absolute Gasteiger partial charge is 0.345 e. The molecule has 5 rings (SSSR count). The highest BCUT2D eigenvalue weighted by atomic mass is 35.5. The van der Waals surface area contributed by atoms with Gasteiger partial charge in [0.15, 0.2) is 11.6 Å². The lowest BCUT2D eigenvalue weighted by molar-refractivity contribution is 0.380. The number of aromatic nitrogens is 4. The molecule has 0 radical (unpaired) electrons. The van der Waals surface area contributed by atoms with E-state index in [9.17, 15) is 0 Å². The molecule has 3 heterocycles. The highest BCUT2D eigenvalue weighted by Crippen LogP contribution is 2.34. The molecule has 9 heteroatoms. The second-order valence-electron chi connectivity index (χ2n) is 7.74. The van der Waals surface area contributed by atoms with Crippen LogP contribution in [0.5, 0.6) is 0 Å². The minimum absolute atomic E-state index is 0.415. The van der Waals surface area contributed by atoms with E-state index in [1.165, 1.54) is 31.4 Å².